The molecule has 1 fully saturated rings. The maximum Gasteiger partial charge on any atom is 0.131 e. The third-order valence-corrected chi connectivity index (χ3v) is 4.05. The summed E-state index contributed by atoms with van der Waals surface area (Å²) in [7, 11) is 2.22. The van der Waals surface area contributed by atoms with Crippen molar-refractivity contribution in [3.05, 3.63) is 35.9 Å². The number of rotatable bonds is 7. The van der Waals surface area contributed by atoms with Gasteiger partial charge >= 0.3 is 0 Å². The van der Waals surface area contributed by atoms with E-state index in [4.69, 9.17) is 4.98 Å². The Bertz CT molecular complexity index is 604. The topological polar surface area (TPSA) is 28.2 Å². The van der Waals surface area contributed by atoms with Crippen molar-refractivity contribution in [2.24, 2.45) is 5.92 Å². The lowest BCUT2D eigenvalue weighted by molar-refractivity contribution is 0.313. The summed E-state index contributed by atoms with van der Waals surface area (Å²) >= 11 is 0. The van der Waals surface area contributed by atoms with Crippen molar-refractivity contribution in [3.63, 3.8) is 0 Å². The molecule has 2 aromatic rings. The van der Waals surface area contributed by atoms with Crippen molar-refractivity contribution < 1.29 is 0 Å². The molecule has 1 aliphatic rings. The number of benzene rings is 1. The first kappa shape index (κ1) is 14.3. The Morgan fingerprint density at radius 2 is 2.10 bits per heavy atom. The normalized spacial score (nSPS) is 14.8. The van der Waals surface area contributed by atoms with Crippen LogP contribution in [0.15, 0.2) is 30.3 Å². The molecule has 0 radical (unpaired) electrons. The summed E-state index contributed by atoms with van der Waals surface area (Å²) in [6.45, 7) is 5.35. The van der Waals surface area contributed by atoms with Crippen molar-refractivity contribution in [1.82, 2.24) is 9.88 Å². The van der Waals surface area contributed by atoms with Gasteiger partial charge in [0.15, 0.2) is 0 Å². The van der Waals surface area contributed by atoms with E-state index in [2.05, 4.69) is 54.5 Å². The Hall–Kier alpha value is -1.61. The standard InChI is InChI=1S/C18H25N3/c1-3-10-19-18-16(13-21(2)12-14-8-9-14)11-15-6-4-5-7-17(15)20-18/h4-7,11,14H,3,8-10,12-13H2,1-2H3,(H,19,20). The minimum absolute atomic E-state index is 0.926. The predicted octanol–water partition coefficient (Wildman–Crippen LogP) is 3.90. The Balaban J connectivity index is 1.84. The first-order valence-electron chi connectivity index (χ1n) is 8.07. The highest BCUT2D eigenvalue weighted by atomic mass is 15.1. The molecular weight excluding hydrogens is 258 g/mol. The molecule has 1 aromatic heterocycles. The van der Waals surface area contributed by atoms with Crippen LogP contribution in [0.4, 0.5) is 5.82 Å². The fourth-order valence-corrected chi connectivity index (χ4v) is 2.77. The molecule has 0 bridgehead atoms. The van der Waals surface area contributed by atoms with Gasteiger partial charge in [0.2, 0.25) is 0 Å². The van der Waals surface area contributed by atoms with E-state index in [-0.39, 0.29) is 0 Å². The van der Waals surface area contributed by atoms with Gasteiger partial charge in [-0.2, -0.15) is 0 Å². The van der Waals surface area contributed by atoms with E-state index >= 15 is 0 Å². The monoisotopic (exact) mass is 283 g/mol. The lowest BCUT2D eigenvalue weighted by atomic mass is 10.1. The SMILES string of the molecule is CCCNc1nc2ccccc2cc1CN(C)CC1CC1. The molecule has 0 saturated heterocycles. The van der Waals surface area contributed by atoms with Crippen LogP contribution in [0.2, 0.25) is 0 Å². The van der Waals surface area contributed by atoms with Gasteiger partial charge in [-0.05, 0) is 44.4 Å². The van der Waals surface area contributed by atoms with E-state index in [9.17, 15) is 0 Å². The molecule has 3 heteroatoms. The van der Waals surface area contributed by atoms with E-state index in [0.29, 0.717) is 0 Å². The van der Waals surface area contributed by atoms with Gasteiger partial charge in [-0.1, -0.05) is 25.1 Å². The van der Waals surface area contributed by atoms with Gasteiger partial charge in [-0.25, -0.2) is 4.98 Å². The van der Waals surface area contributed by atoms with Crippen LogP contribution in [0.3, 0.4) is 0 Å². The average molecular weight is 283 g/mol. The molecule has 112 valence electrons. The highest BCUT2D eigenvalue weighted by molar-refractivity contribution is 5.81. The van der Waals surface area contributed by atoms with Crippen molar-refractivity contribution in [2.75, 3.05) is 25.5 Å². The summed E-state index contributed by atoms with van der Waals surface area (Å²) in [4.78, 5) is 7.25. The molecule has 0 atom stereocenters. The Kier molecular flexibility index (Phi) is 4.39. The van der Waals surface area contributed by atoms with E-state index in [1.54, 1.807) is 0 Å². The van der Waals surface area contributed by atoms with Crippen molar-refractivity contribution in [1.29, 1.82) is 0 Å². The minimum Gasteiger partial charge on any atom is -0.370 e. The zero-order chi connectivity index (χ0) is 14.7. The summed E-state index contributed by atoms with van der Waals surface area (Å²) in [6.07, 6.45) is 3.92. The molecule has 1 aliphatic carbocycles. The third-order valence-electron chi connectivity index (χ3n) is 4.05. The molecule has 1 saturated carbocycles. The van der Waals surface area contributed by atoms with Gasteiger partial charge in [0.05, 0.1) is 5.52 Å². The summed E-state index contributed by atoms with van der Waals surface area (Å²) in [5.74, 6) is 1.98. The van der Waals surface area contributed by atoms with Crippen LogP contribution in [0.25, 0.3) is 10.9 Å². The Morgan fingerprint density at radius 1 is 1.29 bits per heavy atom. The van der Waals surface area contributed by atoms with Crippen LogP contribution < -0.4 is 5.32 Å². The second kappa shape index (κ2) is 6.44. The average Bonchev–Trinajstić information content (AvgIpc) is 3.28. The molecule has 0 amide bonds. The third kappa shape index (κ3) is 3.73. The van der Waals surface area contributed by atoms with Crippen LogP contribution in [-0.2, 0) is 6.54 Å². The van der Waals surface area contributed by atoms with Crippen molar-refractivity contribution in [2.45, 2.75) is 32.7 Å². The fourth-order valence-electron chi connectivity index (χ4n) is 2.77. The zero-order valence-corrected chi connectivity index (χ0v) is 13.1. The number of anilines is 1. The number of aromatic nitrogens is 1. The van der Waals surface area contributed by atoms with E-state index in [1.165, 1.54) is 30.3 Å². The molecule has 0 spiro atoms. The second-order valence-corrected chi connectivity index (χ2v) is 6.26. The number of para-hydroxylation sites is 1. The summed E-state index contributed by atoms with van der Waals surface area (Å²) < 4.78 is 0. The van der Waals surface area contributed by atoms with Crippen LogP contribution in [0.5, 0.6) is 0 Å². The van der Waals surface area contributed by atoms with Gasteiger partial charge in [-0.3, -0.25) is 0 Å². The zero-order valence-electron chi connectivity index (χ0n) is 13.1. The maximum absolute atomic E-state index is 4.82. The van der Waals surface area contributed by atoms with Crippen LogP contribution in [-0.4, -0.2) is 30.0 Å². The van der Waals surface area contributed by atoms with Crippen molar-refractivity contribution >= 4 is 16.7 Å². The molecule has 1 N–H and O–H groups in total. The highest BCUT2D eigenvalue weighted by Crippen LogP contribution is 2.30. The first-order valence-corrected chi connectivity index (χ1v) is 8.07. The molecular formula is C18H25N3. The Labute approximate surface area is 127 Å². The molecule has 1 heterocycles. The maximum atomic E-state index is 4.82. The van der Waals surface area contributed by atoms with Gasteiger partial charge < -0.3 is 10.2 Å². The number of fused-ring (bicyclic) bond motifs is 1. The largest absolute Gasteiger partial charge is 0.370 e. The van der Waals surface area contributed by atoms with Crippen molar-refractivity contribution in [3.8, 4) is 0 Å². The smallest absolute Gasteiger partial charge is 0.131 e. The number of pyridine rings is 1. The first-order chi connectivity index (χ1) is 10.3. The molecule has 21 heavy (non-hydrogen) atoms. The number of hydrogen-bond acceptors (Lipinski definition) is 3. The summed E-state index contributed by atoms with van der Waals surface area (Å²) in [5.41, 5.74) is 2.38. The van der Waals surface area contributed by atoms with Gasteiger partial charge in [0, 0.05) is 30.6 Å². The van der Waals surface area contributed by atoms with E-state index in [0.717, 1.165) is 36.8 Å². The van der Waals surface area contributed by atoms with E-state index < -0.39 is 0 Å². The van der Waals surface area contributed by atoms with Crippen LogP contribution >= 0.6 is 0 Å². The lowest BCUT2D eigenvalue weighted by Crippen LogP contribution is -2.21. The number of nitrogens with one attached hydrogen (secondary N) is 1. The second-order valence-electron chi connectivity index (χ2n) is 6.26. The molecule has 3 nitrogen and oxygen atoms in total. The minimum atomic E-state index is 0.926. The molecule has 1 aromatic carbocycles. The van der Waals surface area contributed by atoms with Gasteiger partial charge in [0.1, 0.15) is 5.82 Å². The molecule has 0 unspecified atom stereocenters. The number of nitrogens with zero attached hydrogens (tertiary/aromatic N) is 2. The fraction of sp³-hybridized carbons (Fsp3) is 0.500. The Morgan fingerprint density at radius 3 is 2.86 bits per heavy atom. The van der Waals surface area contributed by atoms with Gasteiger partial charge in [0.25, 0.3) is 0 Å². The van der Waals surface area contributed by atoms with Crippen LogP contribution in [0.1, 0.15) is 31.7 Å². The summed E-state index contributed by atoms with van der Waals surface area (Å²) in [5, 5.41) is 4.72. The quantitative estimate of drug-likeness (QED) is 0.835. The molecule has 3 rings (SSSR count). The summed E-state index contributed by atoms with van der Waals surface area (Å²) in [6, 6.07) is 10.7. The van der Waals surface area contributed by atoms with Crippen LogP contribution in [0, 0.1) is 5.92 Å². The lowest BCUT2D eigenvalue weighted by Gasteiger charge is -2.19. The number of hydrogen-bond donors (Lipinski definition) is 1. The van der Waals surface area contributed by atoms with Gasteiger partial charge in [-0.15, -0.1) is 0 Å². The molecule has 0 aliphatic heterocycles. The predicted molar refractivity (Wildman–Crippen MR) is 89.6 cm³/mol. The highest BCUT2D eigenvalue weighted by Gasteiger charge is 2.23. The van der Waals surface area contributed by atoms with E-state index in [1.807, 2.05) is 0 Å².